The SMILES string of the molecule is COC(=O)c1ccc(OC)c(OC=O)c1. The Morgan fingerprint density at radius 1 is 1.27 bits per heavy atom. The lowest BCUT2D eigenvalue weighted by Gasteiger charge is -2.07. The van der Waals surface area contributed by atoms with Gasteiger partial charge in [-0.2, -0.15) is 0 Å². The highest BCUT2D eigenvalue weighted by Crippen LogP contribution is 2.27. The molecule has 0 unspecified atom stereocenters. The van der Waals surface area contributed by atoms with E-state index in [9.17, 15) is 9.59 Å². The highest BCUT2D eigenvalue weighted by Gasteiger charge is 2.10. The van der Waals surface area contributed by atoms with Gasteiger partial charge < -0.3 is 14.2 Å². The normalized spacial score (nSPS) is 9.20. The van der Waals surface area contributed by atoms with Gasteiger partial charge in [0, 0.05) is 0 Å². The fourth-order valence-corrected chi connectivity index (χ4v) is 1.07. The summed E-state index contributed by atoms with van der Waals surface area (Å²) in [5.74, 6) is 0.0403. The molecule has 0 bridgehead atoms. The highest BCUT2D eigenvalue weighted by atomic mass is 16.5. The van der Waals surface area contributed by atoms with Gasteiger partial charge in [-0.25, -0.2) is 4.79 Å². The van der Waals surface area contributed by atoms with Gasteiger partial charge in [0.2, 0.25) is 0 Å². The third-order valence-corrected chi connectivity index (χ3v) is 1.76. The van der Waals surface area contributed by atoms with E-state index in [0.29, 0.717) is 5.75 Å². The Morgan fingerprint density at radius 3 is 2.53 bits per heavy atom. The average Bonchev–Trinajstić information content (AvgIpc) is 2.28. The van der Waals surface area contributed by atoms with Crippen LogP contribution >= 0.6 is 0 Å². The molecular weight excluding hydrogens is 200 g/mol. The van der Waals surface area contributed by atoms with Crippen LogP contribution in [0.1, 0.15) is 10.4 Å². The summed E-state index contributed by atoms with van der Waals surface area (Å²) >= 11 is 0. The topological polar surface area (TPSA) is 61.8 Å². The largest absolute Gasteiger partial charge is 0.493 e. The number of rotatable bonds is 4. The smallest absolute Gasteiger partial charge is 0.337 e. The standard InChI is InChI=1S/C10H10O5/c1-13-8-4-3-7(10(12)14-2)5-9(8)15-6-11/h3-6H,1-2H3. The van der Waals surface area contributed by atoms with Gasteiger partial charge in [0.25, 0.3) is 6.47 Å². The number of carbonyl (C=O) groups is 2. The third kappa shape index (κ3) is 2.46. The molecular formula is C10H10O5. The summed E-state index contributed by atoms with van der Waals surface area (Å²) < 4.78 is 14.1. The van der Waals surface area contributed by atoms with Crippen molar-refractivity contribution in [2.24, 2.45) is 0 Å². The summed E-state index contributed by atoms with van der Waals surface area (Å²) in [6, 6.07) is 4.41. The van der Waals surface area contributed by atoms with Crippen molar-refractivity contribution in [3.05, 3.63) is 23.8 Å². The first-order chi connectivity index (χ1) is 7.22. The molecule has 1 aromatic rings. The second-order valence-electron chi connectivity index (χ2n) is 2.57. The molecule has 0 heterocycles. The van der Waals surface area contributed by atoms with Gasteiger partial charge in [0.15, 0.2) is 11.5 Å². The Morgan fingerprint density at radius 2 is 2.00 bits per heavy atom. The molecule has 80 valence electrons. The molecule has 1 aromatic carbocycles. The predicted octanol–water partition coefficient (Wildman–Crippen LogP) is 1.02. The molecule has 0 aliphatic carbocycles. The van der Waals surface area contributed by atoms with Crippen LogP contribution in [0.3, 0.4) is 0 Å². The molecule has 15 heavy (non-hydrogen) atoms. The van der Waals surface area contributed by atoms with E-state index in [0.717, 1.165) is 0 Å². The van der Waals surface area contributed by atoms with Gasteiger partial charge in [-0.15, -0.1) is 0 Å². The van der Waals surface area contributed by atoms with E-state index in [1.165, 1.54) is 32.4 Å². The van der Waals surface area contributed by atoms with Gasteiger partial charge in [-0.1, -0.05) is 0 Å². The van der Waals surface area contributed by atoms with E-state index < -0.39 is 5.97 Å². The maximum Gasteiger partial charge on any atom is 0.337 e. The van der Waals surface area contributed by atoms with Gasteiger partial charge in [-0.3, -0.25) is 4.79 Å². The Hall–Kier alpha value is -2.04. The molecule has 0 amide bonds. The van der Waals surface area contributed by atoms with E-state index in [2.05, 4.69) is 9.47 Å². The Kier molecular flexibility index (Phi) is 3.68. The van der Waals surface area contributed by atoms with Crippen LogP contribution in [-0.4, -0.2) is 26.7 Å². The second-order valence-corrected chi connectivity index (χ2v) is 2.57. The molecule has 0 aliphatic heterocycles. The maximum atomic E-state index is 11.2. The van der Waals surface area contributed by atoms with Gasteiger partial charge in [0.05, 0.1) is 19.8 Å². The molecule has 1 rings (SSSR count). The molecule has 0 saturated carbocycles. The zero-order chi connectivity index (χ0) is 11.3. The Labute approximate surface area is 86.6 Å². The summed E-state index contributed by atoms with van der Waals surface area (Å²) in [6.45, 7) is 0.263. The number of carbonyl (C=O) groups excluding carboxylic acids is 2. The monoisotopic (exact) mass is 210 g/mol. The molecule has 0 atom stereocenters. The van der Waals surface area contributed by atoms with Gasteiger partial charge >= 0.3 is 5.97 Å². The molecule has 5 nitrogen and oxygen atoms in total. The fraction of sp³-hybridized carbons (Fsp3) is 0.200. The van der Waals surface area contributed by atoms with Crippen LogP contribution in [0, 0.1) is 0 Å². The molecule has 5 heteroatoms. The van der Waals surface area contributed by atoms with Crippen LogP contribution in [0.25, 0.3) is 0 Å². The lowest BCUT2D eigenvalue weighted by atomic mass is 10.2. The van der Waals surface area contributed by atoms with Crippen LogP contribution in [-0.2, 0) is 9.53 Å². The number of ether oxygens (including phenoxy) is 3. The molecule has 0 aliphatic rings. The third-order valence-electron chi connectivity index (χ3n) is 1.76. The highest BCUT2D eigenvalue weighted by molar-refractivity contribution is 5.90. The predicted molar refractivity (Wildman–Crippen MR) is 51.0 cm³/mol. The van der Waals surface area contributed by atoms with Crippen molar-refractivity contribution in [3.63, 3.8) is 0 Å². The van der Waals surface area contributed by atoms with Crippen molar-refractivity contribution < 1.29 is 23.8 Å². The number of hydrogen-bond donors (Lipinski definition) is 0. The lowest BCUT2D eigenvalue weighted by molar-refractivity contribution is -0.120. The first-order valence-corrected chi connectivity index (χ1v) is 4.09. The summed E-state index contributed by atoms with van der Waals surface area (Å²) in [5.41, 5.74) is 0.287. The van der Waals surface area contributed by atoms with Gasteiger partial charge in [0.1, 0.15) is 0 Å². The minimum Gasteiger partial charge on any atom is -0.493 e. The summed E-state index contributed by atoms with van der Waals surface area (Å²) in [7, 11) is 2.71. The first-order valence-electron chi connectivity index (χ1n) is 4.09. The molecule has 0 aromatic heterocycles. The van der Waals surface area contributed by atoms with Crippen LogP contribution in [0.5, 0.6) is 11.5 Å². The zero-order valence-corrected chi connectivity index (χ0v) is 8.35. The minimum absolute atomic E-state index is 0.176. The van der Waals surface area contributed by atoms with E-state index in [1.54, 1.807) is 0 Å². The number of esters is 1. The van der Waals surface area contributed by atoms with E-state index in [1.807, 2.05) is 0 Å². The Balaban J connectivity index is 3.09. The fourth-order valence-electron chi connectivity index (χ4n) is 1.07. The van der Waals surface area contributed by atoms with Crippen LogP contribution in [0.2, 0.25) is 0 Å². The van der Waals surface area contributed by atoms with E-state index in [4.69, 9.17) is 4.74 Å². The second kappa shape index (κ2) is 4.99. The van der Waals surface area contributed by atoms with Crippen molar-refractivity contribution in [2.75, 3.05) is 14.2 Å². The summed E-state index contributed by atoms with van der Waals surface area (Å²) in [6.07, 6.45) is 0. The first kappa shape index (κ1) is 11.0. The summed E-state index contributed by atoms with van der Waals surface area (Å²) in [5, 5.41) is 0. The van der Waals surface area contributed by atoms with Crippen LogP contribution < -0.4 is 9.47 Å². The number of benzene rings is 1. The van der Waals surface area contributed by atoms with Crippen molar-refractivity contribution >= 4 is 12.4 Å². The van der Waals surface area contributed by atoms with Crippen LogP contribution in [0.15, 0.2) is 18.2 Å². The van der Waals surface area contributed by atoms with E-state index in [-0.39, 0.29) is 17.8 Å². The van der Waals surface area contributed by atoms with Crippen molar-refractivity contribution in [1.82, 2.24) is 0 Å². The molecule has 0 saturated heterocycles. The number of hydrogen-bond acceptors (Lipinski definition) is 5. The zero-order valence-electron chi connectivity index (χ0n) is 8.35. The Bertz CT molecular complexity index is 372. The minimum atomic E-state index is -0.506. The molecule has 0 N–H and O–H groups in total. The van der Waals surface area contributed by atoms with Gasteiger partial charge in [-0.05, 0) is 18.2 Å². The van der Waals surface area contributed by atoms with Crippen molar-refractivity contribution in [2.45, 2.75) is 0 Å². The van der Waals surface area contributed by atoms with E-state index >= 15 is 0 Å². The molecule has 0 radical (unpaired) electrons. The summed E-state index contributed by atoms with van der Waals surface area (Å²) in [4.78, 5) is 21.4. The quantitative estimate of drug-likeness (QED) is 0.548. The van der Waals surface area contributed by atoms with Crippen LogP contribution in [0.4, 0.5) is 0 Å². The average molecular weight is 210 g/mol. The molecule has 0 spiro atoms. The number of methoxy groups -OCH3 is 2. The maximum absolute atomic E-state index is 11.2. The van der Waals surface area contributed by atoms with Crippen molar-refractivity contribution in [3.8, 4) is 11.5 Å². The molecule has 0 fully saturated rings. The van der Waals surface area contributed by atoms with Crippen molar-refractivity contribution in [1.29, 1.82) is 0 Å². The lowest BCUT2D eigenvalue weighted by Crippen LogP contribution is -2.02.